The highest BCUT2D eigenvalue weighted by molar-refractivity contribution is 5.45. The topological polar surface area (TPSA) is 59.3 Å². The molecule has 114 valence electrons. The van der Waals surface area contributed by atoms with Crippen LogP contribution in [0.3, 0.4) is 0 Å². The summed E-state index contributed by atoms with van der Waals surface area (Å²) in [6.07, 6.45) is 6.58. The molecule has 0 spiro atoms. The van der Waals surface area contributed by atoms with Crippen molar-refractivity contribution in [1.82, 2.24) is 9.78 Å². The van der Waals surface area contributed by atoms with Crippen LogP contribution in [0.4, 0.5) is 5.69 Å². The Morgan fingerprint density at radius 1 is 1.55 bits per heavy atom. The summed E-state index contributed by atoms with van der Waals surface area (Å²) in [5.41, 5.74) is 1.92. The average molecular weight is 281 g/mol. The minimum absolute atomic E-state index is 0.327. The standard InChI is InChI=1S/C15H27N3O2/c1-11-5-4-6-14(7-11)20-10-13(19)8-16-15-9-18(3)17-12(15)2/h9,11,13-14,16,19H,4-8,10H2,1-3H3. The number of aliphatic hydroxyl groups excluding tert-OH is 1. The van der Waals surface area contributed by atoms with Crippen LogP contribution in [-0.2, 0) is 11.8 Å². The number of nitrogens with one attached hydrogen (secondary N) is 1. The Morgan fingerprint density at radius 3 is 3.00 bits per heavy atom. The van der Waals surface area contributed by atoms with E-state index in [2.05, 4.69) is 17.3 Å². The van der Waals surface area contributed by atoms with Crippen LogP contribution in [0.15, 0.2) is 6.20 Å². The molecule has 0 bridgehead atoms. The molecule has 2 rings (SSSR count). The summed E-state index contributed by atoms with van der Waals surface area (Å²) in [6.45, 7) is 5.13. The summed E-state index contributed by atoms with van der Waals surface area (Å²) in [5.74, 6) is 0.752. The van der Waals surface area contributed by atoms with Crippen molar-refractivity contribution in [1.29, 1.82) is 0 Å². The molecule has 0 radical (unpaired) electrons. The number of aryl methyl sites for hydroxylation is 2. The zero-order chi connectivity index (χ0) is 14.5. The van der Waals surface area contributed by atoms with Gasteiger partial charge in [-0.25, -0.2) is 0 Å². The fourth-order valence-electron chi connectivity index (χ4n) is 2.84. The van der Waals surface area contributed by atoms with E-state index >= 15 is 0 Å². The van der Waals surface area contributed by atoms with Gasteiger partial charge in [0.25, 0.3) is 0 Å². The Labute approximate surface area is 121 Å². The Kier molecular flexibility index (Phi) is 5.43. The molecule has 0 aromatic carbocycles. The van der Waals surface area contributed by atoms with E-state index in [0.29, 0.717) is 19.3 Å². The molecule has 1 aromatic rings. The van der Waals surface area contributed by atoms with Gasteiger partial charge in [-0.3, -0.25) is 4.68 Å². The maximum atomic E-state index is 9.99. The molecule has 1 fully saturated rings. The zero-order valence-electron chi connectivity index (χ0n) is 12.8. The number of aliphatic hydroxyl groups is 1. The van der Waals surface area contributed by atoms with Crippen molar-refractivity contribution in [2.45, 2.75) is 51.7 Å². The van der Waals surface area contributed by atoms with Gasteiger partial charge in [-0.05, 0) is 25.7 Å². The quantitative estimate of drug-likeness (QED) is 0.838. The molecular formula is C15H27N3O2. The van der Waals surface area contributed by atoms with Gasteiger partial charge in [-0.2, -0.15) is 5.10 Å². The highest BCUT2D eigenvalue weighted by Gasteiger charge is 2.20. The first-order valence-electron chi connectivity index (χ1n) is 7.58. The van der Waals surface area contributed by atoms with Crippen LogP contribution in [-0.4, -0.2) is 40.2 Å². The van der Waals surface area contributed by atoms with Crippen molar-refractivity contribution in [3.8, 4) is 0 Å². The van der Waals surface area contributed by atoms with Gasteiger partial charge in [0.05, 0.1) is 30.2 Å². The van der Waals surface area contributed by atoms with Crippen molar-refractivity contribution in [2.24, 2.45) is 13.0 Å². The van der Waals surface area contributed by atoms with Crippen molar-refractivity contribution in [3.05, 3.63) is 11.9 Å². The highest BCUT2D eigenvalue weighted by Crippen LogP contribution is 2.25. The minimum Gasteiger partial charge on any atom is -0.389 e. The third kappa shape index (κ3) is 4.49. The molecule has 0 amide bonds. The fourth-order valence-corrected chi connectivity index (χ4v) is 2.84. The van der Waals surface area contributed by atoms with Gasteiger partial charge in [0, 0.05) is 19.8 Å². The number of nitrogens with zero attached hydrogens (tertiary/aromatic N) is 2. The maximum Gasteiger partial charge on any atom is 0.0945 e. The SMILES string of the molecule is Cc1nn(C)cc1NCC(O)COC1CCCC(C)C1. The lowest BCUT2D eigenvalue weighted by Crippen LogP contribution is -2.30. The molecule has 3 unspecified atom stereocenters. The van der Waals surface area contributed by atoms with Crippen molar-refractivity contribution < 1.29 is 9.84 Å². The van der Waals surface area contributed by atoms with Crippen LogP contribution < -0.4 is 5.32 Å². The van der Waals surface area contributed by atoms with E-state index in [4.69, 9.17) is 4.74 Å². The number of anilines is 1. The number of ether oxygens (including phenoxy) is 1. The van der Waals surface area contributed by atoms with E-state index < -0.39 is 6.10 Å². The number of rotatable bonds is 6. The van der Waals surface area contributed by atoms with Crippen LogP contribution in [0.1, 0.15) is 38.3 Å². The van der Waals surface area contributed by atoms with Crippen molar-refractivity contribution in [3.63, 3.8) is 0 Å². The smallest absolute Gasteiger partial charge is 0.0945 e. The predicted octanol–water partition coefficient (Wildman–Crippen LogP) is 2.10. The lowest BCUT2D eigenvalue weighted by atomic mass is 9.89. The maximum absolute atomic E-state index is 9.99. The molecule has 5 heteroatoms. The summed E-state index contributed by atoms with van der Waals surface area (Å²) in [6, 6.07) is 0. The highest BCUT2D eigenvalue weighted by atomic mass is 16.5. The Hall–Kier alpha value is -1.07. The van der Waals surface area contributed by atoms with Gasteiger partial charge in [0.1, 0.15) is 0 Å². The summed E-state index contributed by atoms with van der Waals surface area (Å²) < 4.78 is 7.60. The largest absolute Gasteiger partial charge is 0.389 e. The van der Waals surface area contributed by atoms with Crippen LogP contribution >= 0.6 is 0 Å². The van der Waals surface area contributed by atoms with E-state index in [-0.39, 0.29) is 0 Å². The molecule has 1 saturated carbocycles. The first kappa shape index (κ1) is 15.3. The van der Waals surface area contributed by atoms with Crippen LogP contribution in [0, 0.1) is 12.8 Å². The van der Waals surface area contributed by atoms with Gasteiger partial charge in [0.2, 0.25) is 0 Å². The third-order valence-corrected chi connectivity index (χ3v) is 3.95. The summed E-state index contributed by atoms with van der Waals surface area (Å²) in [5, 5.41) is 17.5. The molecule has 1 heterocycles. The van der Waals surface area contributed by atoms with Gasteiger partial charge < -0.3 is 15.2 Å². The summed E-state index contributed by atoms with van der Waals surface area (Å²) in [7, 11) is 1.89. The third-order valence-electron chi connectivity index (χ3n) is 3.95. The molecule has 0 saturated heterocycles. The van der Waals surface area contributed by atoms with E-state index in [9.17, 15) is 5.11 Å². The van der Waals surface area contributed by atoms with E-state index in [0.717, 1.165) is 30.1 Å². The monoisotopic (exact) mass is 281 g/mol. The Balaban J connectivity index is 1.67. The lowest BCUT2D eigenvalue weighted by molar-refractivity contribution is -0.0274. The molecule has 20 heavy (non-hydrogen) atoms. The molecule has 3 atom stereocenters. The molecule has 5 nitrogen and oxygen atoms in total. The van der Waals surface area contributed by atoms with E-state index in [1.165, 1.54) is 12.8 Å². The Bertz CT molecular complexity index is 419. The molecule has 0 aliphatic heterocycles. The first-order chi connectivity index (χ1) is 9.54. The van der Waals surface area contributed by atoms with Gasteiger partial charge >= 0.3 is 0 Å². The molecule has 1 aliphatic carbocycles. The van der Waals surface area contributed by atoms with Crippen LogP contribution in [0.2, 0.25) is 0 Å². The minimum atomic E-state index is -0.480. The fraction of sp³-hybridized carbons (Fsp3) is 0.800. The normalized spacial score (nSPS) is 24.6. The summed E-state index contributed by atoms with van der Waals surface area (Å²) in [4.78, 5) is 0. The first-order valence-corrected chi connectivity index (χ1v) is 7.58. The van der Waals surface area contributed by atoms with Gasteiger partial charge in [-0.1, -0.05) is 19.8 Å². The number of hydrogen-bond acceptors (Lipinski definition) is 4. The second-order valence-electron chi connectivity index (χ2n) is 6.06. The Morgan fingerprint density at radius 2 is 2.35 bits per heavy atom. The van der Waals surface area contributed by atoms with E-state index in [1.54, 1.807) is 4.68 Å². The predicted molar refractivity (Wildman–Crippen MR) is 79.8 cm³/mol. The number of aromatic nitrogens is 2. The van der Waals surface area contributed by atoms with Crippen LogP contribution in [0.5, 0.6) is 0 Å². The lowest BCUT2D eigenvalue weighted by Gasteiger charge is -2.27. The van der Waals surface area contributed by atoms with Crippen molar-refractivity contribution >= 4 is 5.69 Å². The van der Waals surface area contributed by atoms with Crippen LogP contribution in [0.25, 0.3) is 0 Å². The second-order valence-corrected chi connectivity index (χ2v) is 6.06. The van der Waals surface area contributed by atoms with Crippen molar-refractivity contribution in [2.75, 3.05) is 18.5 Å². The molecule has 1 aliphatic rings. The average Bonchev–Trinajstić information content (AvgIpc) is 2.72. The number of hydrogen-bond donors (Lipinski definition) is 2. The van der Waals surface area contributed by atoms with Gasteiger partial charge in [0.15, 0.2) is 0 Å². The molecular weight excluding hydrogens is 254 g/mol. The van der Waals surface area contributed by atoms with Gasteiger partial charge in [-0.15, -0.1) is 0 Å². The molecule has 1 aromatic heterocycles. The second kappa shape index (κ2) is 7.09. The zero-order valence-corrected chi connectivity index (χ0v) is 12.8. The molecule has 2 N–H and O–H groups in total. The van der Waals surface area contributed by atoms with E-state index in [1.807, 2.05) is 20.2 Å². The summed E-state index contributed by atoms with van der Waals surface area (Å²) >= 11 is 0.